The fraction of sp³-hybridized carbons (Fsp3) is 1.00. The molecule has 0 rings (SSSR count). The van der Waals surface area contributed by atoms with E-state index >= 15 is 0 Å². The van der Waals surface area contributed by atoms with Crippen LogP contribution in [0.5, 0.6) is 0 Å². The van der Waals surface area contributed by atoms with Crippen LogP contribution in [0.2, 0.25) is 0 Å². The standard InChI is InChI=1S/C9H21N/c1-4-7-9(10,6-3)8-5-2/h4-8,10H2,1-3H3. The molecule has 0 saturated heterocycles. The zero-order valence-corrected chi connectivity index (χ0v) is 7.61. The van der Waals surface area contributed by atoms with Gasteiger partial charge in [0.2, 0.25) is 0 Å². The smallest absolute Gasteiger partial charge is 0.0151 e. The Hall–Kier alpha value is -0.0400. The Bertz CT molecular complexity index is 72.8. The fourth-order valence-corrected chi connectivity index (χ4v) is 1.47. The van der Waals surface area contributed by atoms with E-state index < -0.39 is 0 Å². The molecule has 1 heteroatoms. The van der Waals surface area contributed by atoms with Gasteiger partial charge >= 0.3 is 0 Å². The van der Waals surface area contributed by atoms with Gasteiger partial charge in [0.1, 0.15) is 0 Å². The van der Waals surface area contributed by atoms with Crippen molar-refractivity contribution in [3.63, 3.8) is 0 Å². The molecule has 0 aliphatic rings. The molecule has 1 nitrogen and oxygen atoms in total. The molecule has 0 heterocycles. The van der Waals surface area contributed by atoms with Crippen molar-refractivity contribution >= 4 is 0 Å². The molecule has 0 aromatic rings. The summed E-state index contributed by atoms with van der Waals surface area (Å²) >= 11 is 0. The van der Waals surface area contributed by atoms with E-state index in [-0.39, 0.29) is 5.54 Å². The van der Waals surface area contributed by atoms with Crippen molar-refractivity contribution in [3.8, 4) is 0 Å². The Morgan fingerprint density at radius 3 is 1.60 bits per heavy atom. The first kappa shape index (κ1) is 9.96. The van der Waals surface area contributed by atoms with Crippen LogP contribution in [-0.2, 0) is 0 Å². The minimum absolute atomic E-state index is 0.142. The van der Waals surface area contributed by atoms with Crippen molar-refractivity contribution in [2.24, 2.45) is 5.73 Å². The Labute approximate surface area is 65.0 Å². The van der Waals surface area contributed by atoms with Gasteiger partial charge in [0.25, 0.3) is 0 Å². The zero-order chi connectivity index (χ0) is 8.04. The quantitative estimate of drug-likeness (QED) is 0.629. The van der Waals surface area contributed by atoms with Gasteiger partial charge in [-0.25, -0.2) is 0 Å². The molecule has 0 saturated carbocycles. The van der Waals surface area contributed by atoms with Gasteiger partial charge in [-0.05, 0) is 19.3 Å². The molecule has 0 atom stereocenters. The van der Waals surface area contributed by atoms with E-state index in [9.17, 15) is 0 Å². The lowest BCUT2D eigenvalue weighted by atomic mass is 9.87. The maximum Gasteiger partial charge on any atom is 0.0151 e. The zero-order valence-electron chi connectivity index (χ0n) is 7.61. The van der Waals surface area contributed by atoms with E-state index in [1.165, 1.54) is 25.7 Å². The molecule has 0 aliphatic carbocycles. The molecule has 0 unspecified atom stereocenters. The number of rotatable bonds is 5. The monoisotopic (exact) mass is 143 g/mol. The predicted molar refractivity (Wildman–Crippen MR) is 47.0 cm³/mol. The highest BCUT2D eigenvalue weighted by Crippen LogP contribution is 2.19. The van der Waals surface area contributed by atoms with Crippen molar-refractivity contribution in [2.75, 3.05) is 0 Å². The maximum atomic E-state index is 6.12. The van der Waals surface area contributed by atoms with Gasteiger partial charge in [0.05, 0.1) is 0 Å². The molecular weight excluding hydrogens is 122 g/mol. The third kappa shape index (κ3) is 3.21. The second kappa shape index (κ2) is 4.73. The average Bonchev–Trinajstić information content (AvgIpc) is 1.89. The van der Waals surface area contributed by atoms with Gasteiger partial charge in [-0.1, -0.05) is 33.6 Å². The highest BCUT2D eigenvalue weighted by Gasteiger charge is 2.19. The molecule has 0 aliphatic heterocycles. The van der Waals surface area contributed by atoms with E-state index in [4.69, 9.17) is 5.73 Å². The summed E-state index contributed by atoms with van der Waals surface area (Å²) in [4.78, 5) is 0. The molecule has 0 spiro atoms. The lowest BCUT2D eigenvalue weighted by Crippen LogP contribution is -2.38. The molecule has 0 aromatic carbocycles. The fourth-order valence-electron chi connectivity index (χ4n) is 1.47. The normalized spacial score (nSPS) is 12.0. The maximum absolute atomic E-state index is 6.12. The van der Waals surface area contributed by atoms with Gasteiger partial charge in [-0.3, -0.25) is 0 Å². The summed E-state index contributed by atoms with van der Waals surface area (Å²) in [7, 11) is 0. The van der Waals surface area contributed by atoms with E-state index in [1.54, 1.807) is 0 Å². The van der Waals surface area contributed by atoms with Crippen LogP contribution in [0.1, 0.15) is 52.9 Å². The lowest BCUT2D eigenvalue weighted by Gasteiger charge is -2.27. The Kier molecular flexibility index (Phi) is 4.71. The molecule has 62 valence electrons. The first-order chi connectivity index (χ1) is 4.68. The number of hydrogen-bond donors (Lipinski definition) is 1. The highest BCUT2D eigenvalue weighted by atomic mass is 14.7. The van der Waals surface area contributed by atoms with E-state index in [0.29, 0.717) is 0 Å². The Morgan fingerprint density at radius 1 is 1.00 bits per heavy atom. The number of nitrogens with two attached hydrogens (primary N) is 1. The van der Waals surface area contributed by atoms with Gasteiger partial charge < -0.3 is 5.73 Å². The topological polar surface area (TPSA) is 26.0 Å². The first-order valence-corrected chi connectivity index (χ1v) is 4.47. The molecule has 0 amide bonds. The minimum atomic E-state index is 0.142. The SMILES string of the molecule is CCCC(N)(CC)CCC. The summed E-state index contributed by atoms with van der Waals surface area (Å²) in [6, 6.07) is 0. The minimum Gasteiger partial charge on any atom is -0.325 e. The second-order valence-electron chi connectivity index (χ2n) is 3.22. The second-order valence-corrected chi connectivity index (χ2v) is 3.22. The van der Waals surface area contributed by atoms with E-state index in [1.807, 2.05) is 0 Å². The largest absolute Gasteiger partial charge is 0.325 e. The van der Waals surface area contributed by atoms with Gasteiger partial charge in [-0.15, -0.1) is 0 Å². The van der Waals surface area contributed by atoms with Crippen LogP contribution in [0.25, 0.3) is 0 Å². The van der Waals surface area contributed by atoms with Crippen molar-refractivity contribution in [3.05, 3.63) is 0 Å². The van der Waals surface area contributed by atoms with Crippen molar-refractivity contribution in [1.29, 1.82) is 0 Å². The van der Waals surface area contributed by atoms with Crippen LogP contribution in [0.3, 0.4) is 0 Å². The summed E-state index contributed by atoms with van der Waals surface area (Å²) in [5.41, 5.74) is 6.26. The molecule has 0 radical (unpaired) electrons. The summed E-state index contributed by atoms with van der Waals surface area (Å²) in [5.74, 6) is 0. The van der Waals surface area contributed by atoms with Crippen LogP contribution in [0, 0.1) is 0 Å². The molecule has 0 aromatic heterocycles. The summed E-state index contributed by atoms with van der Waals surface area (Å²) in [6.45, 7) is 6.59. The van der Waals surface area contributed by atoms with Crippen LogP contribution in [0.4, 0.5) is 0 Å². The molecular formula is C9H21N. The molecule has 10 heavy (non-hydrogen) atoms. The molecule has 0 fully saturated rings. The van der Waals surface area contributed by atoms with Crippen LogP contribution < -0.4 is 5.73 Å². The lowest BCUT2D eigenvalue weighted by molar-refractivity contribution is 0.346. The van der Waals surface area contributed by atoms with Gasteiger partial charge in [0, 0.05) is 5.54 Å². The van der Waals surface area contributed by atoms with Crippen molar-refractivity contribution in [1.82, 2.24) is 0 Å². The first-order valence-electron chi connectivity index (χ1n) is 4.47. The van der Waals surface area contributed by atoms with Crippen LogP contribution >= 0.6 is 0 Å². The molecule has 2 N–H and O–H groups in total. The average molecular weight is 143 g/mol. The number of hydrogen-bond acceptors (Lipinski definition) is 1. The van der Waals surface area contributed by atoms with Crippen LogP contribution in [-0.4, -0.2) is 5.54 Å². The summed E-state index contributed by atoms with van der Waals surface area (Å²) in [6.07, 6.45) is 5.90. The third-order valence-electron chi connectivity index (χ3n) is 2.20. The third-order valence-corrected chi connectivity index (χ3v) is 2.20. The van der Waals surface area contributed by atoms with Crippen molar-refractivity contribution < 1.29 is 0 Å². The summed E-state index contributed by atoms with van der Waals surface area (Å²) in [5, 5.41) is 0. The summed E-state index contributed by atoms with van der Waals surface area (Å²) < 4.78 is 0. The van der Waals surface area contributed by atoms with Crippen LogP contribution in [0.15, 0.2) is 0 Å². The Morgan fingerprint density at radius 2 is 1.40 bits per heavy atom. The predicted octanol–water partition coefficient (Wildman–Crippen LogP) is 2.69. The Balaban J connectivity index is 3.69. The highest BCUT2D eigenvalue weighted by molar-refractivity contribution is 4.80. The molecule has 0 bridgehead atoms. The van der Waals surface area contributed by atoms with E-state index in [2.05, 4.69) is 20.8 Å². The van der Waals surface area contributed by atoms with E-state index in [0.717, 1.165) is 6.42 Å². The van der Waals surface area contributed by atoms with Crippen molar-refractivity contribution in [2.45, 2.75) is 58.4 Å². The van der Waals surface area contributed by atoms with Gasteiger partial charge in [-0.2, -0.15) is 0 Å². The van der Waals surface area contributed by atoms with Gasteiger partial charge in [0.15, 0.2) is 0 Å².